The molecular weight excluding hydrogens is 889 g/mol. The molecule has 0 aromatic heterocycles. The van der Waals surface area contributed by atoms with Crippen LogP contribution in [0, 0.1) is 11.8 Å². The molecule has 2 N–H and O–H groups in total. The first-order chi connectivity index (χ1) is 32.5. The monoisotopic (exact) mass is 958 g/mol. The Hall–Kier alpha value is -6.65. The molecule has 17 heteroatoms. The Labute approximate surface area is 405 Å². The quantitative estimate of drug-likeness (QED) is 0.0772. The summed E-state index contributed by atoms with van der Waals surface area (Å²) >= 11 is 0. The van der Waals surface area contributed by atoms with Crippen molar-refractivity contribution in [2.75, 3.05) is 47.5 Å². The molecule has 1 heterocycles. The standard InChI is InChI=1S/C52H70N4O13/c1-12-25-65-43-21-19-36-30-39(43)38-28-35(18-20-42(38)66-26-23-53-49(62)68-51(3,4)5)29-40(48(61)64-11)54-46(59)33(2)27-41(57)45(36)56(10)47(60)37(22-24-55(9)50(63)69-52(6,7)8)31-44(58)67-32-34-16-14-13-15-17-34/h13-21,28,30,33,37,40,45H,12,22-27,29,31-32H2,1-11H3,(H,53,62)(H,54,59)/t33-,37-,40+,45+/m1/s1. The Kier molecular flexibility index (Phi) is 20.0. The van der Waals surface area contributed by atoms with Gasteiger partial charge in [-0.2, -0.15) is 0 Å². The van der Waals surface area contributed by atoms with Crippen LogP contribution >= 0.6 is 0 Å². The summed E-state index contributed by atoms with van der Waals surface area (Å²) in [5.74, 6) is -4.32. The molecule has 0 aliphatic carbocycles. The SMILES string of the molecule is CCCOc1ccc2cc1-c1cc(ccc1OCCNC(=O)OC(C)(C)C)C[C@@H](C(=O)OC)NC(=O)[C@H](C)CC(=O)[C@H]2N(C)C(=O)[C@H](CCN(C)C(=O)OC(C)(C)C)CC(=O)OCc1ccccc1. The molecule has 1 aliphatic rings. The van der Waals surface area contributed by atoms with Crippen molar-refractivity contribution in [2.45, 2.75) is 117 Å². The fourth-order valence-corrected chi connectivity index (χ4v) is 7.46. The van der Waals surface area contributed by atoms with Crippen molar-refractivity contribution in [3.05, 3.63) is 83.4 Å². The van der Waals surface area contributed by atoms with Gasteiger partial charge in [-0.25, -0.2) is 14.4 Å². The molecule has 0 spiro atoms. The molecule has 4 bridgehead atoms. The number of Topliss-reactive ketones (excluding diaryl/α,β-unsaturated/α-hetero) is 1. The first-order valence-electron chi connectivity index (χ1n) is 23.3. The Balaban J connectivity index is 1.84. The number of hydrogen-bond acceptors (Lipinski definition) is 13. The number of carbonyl (C=O) groups is 7. The second-order valence-electron chi connectivity index (χ2n) is 19.2. The van der Waals surface area contributed by atoms with E-state index in [0.717, 1.165) is 5.56 Å². The Bertz CT molecular complexity index is 2270. The molecule has 0 saturated heterocycles. The lowest BCUT2D eigenvalue weighted by molar-refractivity contribution is -0.151. The summed E-state index contributed by atoms with van der Waals surface area (Å²) in [5.41, 5.74) is 1.21. The molecule has 0 radical (unpaired) electrons. The molecule has 4 atom stereocenters. The number of alkyl carbamates (subject to hydrolysis) is 1. The van der Waals surface area contributed by atoms with E-state index in [1.807, 2.05) is 25.1 Å². The molecule has 0 saturated carbocycles. The minimum atomic E-state index is -1.32. The predicted molar refractivity (Wildman–Crippen MR) is 257 cm³/mol. The van der Waals surface area contributed by atoms with E-state index in [0.29, 0.717) is 46.8 Å². The van der Waals surface area contributed by atoms with Gasteiger partial charge >= 0.3 is 24.1 Å². The van der Waals surface area contributed by atoms with Crippen molar-refractivity contribution in [1.29, 1.82) is 0 Å². The summed E-state index contributed by atoms with van der Waals surface area (Å²) in [4.78, 5) is 98.3. The third kappa shape index (κ3) is 17.1. The second-order valence-corrected chi connectivity index (χ2v) is 19.2. The molecule has 0 fully saturated rings. The van der Waals surface area contributed by atoms with Crippen LogP contribution in [0.3, 0.4) is 0 Å². The van der Waals surface area contributed by atoms with Crippen LogP contribution in [0.15, 0.2) is 66.7 Å². The number of ether oxygens (including phenoxy) is 6. The van der Waals surface area contributed by atoms with Gasteiger partial charge in [0.25, 0.3) is 0 Å². The van der Waals surface area contributed by atoms with E-state index in [9.17, 15) is 33.6 Å². The molecule has 69 heavy (non-hydrogen) atoms. The van der Waals surface area contributed by atoms with Gasteiger partial charge in [-0.3, -0.25) is 19.2 Å². The van der Waals surface area contributed by atoms with Crippen LogP contribution < -0.4 is 20.1 Å². The zero-order valence-electron chi connectivity index (χ0n) is 41.9. The highest BCUT2D eigenvalue weighted by molar-refractivity contribution is 5.95. The number of likely N-dealkylation sites (N-methyl/N-ethyl adjacent to an activating group) is 1. The highest BCUT2D eigenvalue weighted by Gasteiger charge is 2.37. The number of ketones is 1. The van der Waals surface area contributed by atoms with Crippen molar-refractivity contribution in [1.82, 2.24) is 20.4 Å². The lowest BCUT2D eigenvalue weighted by Gasteiger charge is -2.32. The van der Waals surface area contributed by atoms with E-state index in [1.54, 1.807) is 97.0 Å². The van der Waals surface area contributed by atoms with Gasteiger partial charge in [0.15, 0.2) is 5.78 Å². The van der Waals surface area contributed by atoms with E-state index in [4.69, 9.17) is 28.4 Å². The highest BCUT2D eigenvalue weighted by Crippen LogP contribution is 2.41. The Morgan fingerprint density at radius 2 is 1.46 bits per heavy atom. The van der Waals surface area contributed by atoms with Crippen molar-refractivity contribution >= 4 is 41.7 Å². The maximum Gasteiger partial charge on any atom is 0.410 e. The van der Waals surface area contributed by atoms with Crippen LogP contribution in [0.2, 0.25) is 0 Å². The zero-order chi connectivity index (χ0) is 51.1. The number of rotatable bonds is 17. The van der Waals surface area contributed by atoms with Gasteiger partial charge in [0, 0.05) is 50.5 Å². The van der Waals surface area contributed by atoms with Gasteiger partial charge in [0.2, 0.25) is 11.8 Å². The lowest BCUT2D eigenvalue weighted by Crippen LogP contribution is -2.46. The largest absolute Gasteiger partial charge is 0.493 e. The first-order valence-corrected chi connectivity index (χ1v) is 23.3. The van der Waals surface area contributed by atoms with Crippen molar-refractivity contribution < 1.29 is 62.0 Å². The van der Waals surface area contributed by atoms with Crippen LogP contribution in [0.25, 0.3) is 11.1 Å². The van der Waals surface area contributed by atoms with Crippen molar-refractivity contribution in [3.63, 3.8) is 0 Å². The molecule has 17 nitrogen and oxygen atoms in total. The molecule has 3 aromatic rings. The van der Waals surface area contributed by atoms with Gasteiger partial charge in [-0.15, -0.1) is 0 Å². The van der Waals surface area contributed by atoms with Gasteiger partial charge in [-0.05, 0) is 95.3 Å². The van der Waals surface area contributed by atoms with Gasteiger partial charge in [0.1, 0.15) is 48.0 Å². The molecule has 0 unspecified atom stereocenters. The number of hydrogen-bond donors (Lipinski definition) is 2. The number of nitrogens with one attached hydrogen (secondary N) is 2. The molecule has 4 rings (SSSR count). The number of benzene rings is 3. The summed E-state index contributed by atoms with van der Waals surface area (Å²) in [6.45, 7) is 14.4. The van der Waals surface area contributed by atoms with Crippen LogP contribution in [-0.2, 0) is 55.9 Å². The van der Waals surface area contributed by atoms with Crippen LogP contribution in [0.4, 0.5) is 9.59 Å². The van der Waals surface area contributed by atoms with Crippen LogP contribution in [0.1, 0.15) is 104 Å². The van der Waals surface area contributed by atoms with Crippen LogP contribution in [0.5, 0.6) is 11.5 Å². The summed E-state index contributed by atoms with van der Waals surface area (Å²) < 4.78 is 34.2. The first kappa shape index (κ1) is 55.0. The van der Waals surface area contributed by atoms with Crippen molar-refractivity contribution in [3.8, 4) is 22.6 Å². The molecule has 4 amide bonds. The summed E-state index contributed by atoms with van der Waals surface area (Å²) in [5, 5.41) is 5.45. The van der Waals surface area contributed by atoms with Gasteiger partial charge in [0.05, 0.1) is 32.6 Å². The second kappa shape index (κ2) is 25.1. The smallest absolute Gasteiger partial charge is 0.410 e. The molecule has 376 valence electrons. The Morgan fingerprint density at radius 3 is 2.10 bits per heavy atom. The lowest BCUT2D eigenvalue weighted by atomic mass is 9.89. The van der Waals surface area contributed by atoms with E-state index in [-0.39, 0.29) is 52.0 Å². The summed E-state index contributed by atoms with van der Waals surface area (Å²) in [7, 11) is 4.20. The van der Waals surface area contributed by atoms with Crippen molar-refractivity contribution in [2.24, 2.45) is 11.8 Å². The molecule has 1 aliphatic heterocycles. The number of nitrogens with zero attached hydrogens (tertiary/aromatic N) is 2. The third-order valence-electron chi connectivity index (χ3n) is 10.9. The third-order valence-corrected chi connectivity index (χ3v) is 10.9. The number of fused-ring (bicyclic) bond motifs is 5. The van der Waals surface area contributed by atoms with Gasteiger partial charge in [-0.1, -0.05) is 56.3 Å². The highest BCUT2D eigenvalue weighted by atomic mass is 16.6. The zero-order valence-corrected chi connectivity index (χ0v) is 41.9. The summed E-state index contributed by atoms with van der Waals surface area (Å²) in [6, 6.07) is 17.0. The number of carbonyl (C=O) groups excluding carboxylic acids is 7. The average molecular weight is 959 g/mol. The fourth-order valence-electron chi connectivity index (χ4n) is 7.46. The topological polar surface area (TPSA) is 205 Å². The molecule has 3 aromatic carbocycles. The minimum Gasteiger partial charge on any atom is -0.493 e. The molecular formula is C52H70N4O13. The maximum absolute atomic E-state index is 15.0. The predicted octanol–water partition coefficient (Wildman–Crippen LogP) is 7.36. The van der Waals surface area contributed by atoms with E-state index >= 15 is 0 Å². The fraction of sp³-hybridized carbons (Fsp3) is 0.519. The normalized spacial score (nSPS) is 16.7. The number of esters is 2. The van der Waals surface area contributed by atoms with E-state index in [2.05, 4.69) is 10.6 Å². The van der Waals surface area contributed by atoms with Gasteiger partial charge < -0.3 is 48.9 Å². The maximum atomic E-state index is 15.0. The average Bonchev–Trinajstić information content (AvgIpc) is 3.28. The van der Waals surface area contributed by atoms with E-state index in [1.165, 1.54) is 31.0 Å². The van der Waals surface area contributed by atoms with E-state index < -0.39 is 76.8 Å². The summed E-state index contributed by atoms with van der Waals surface area (Å²) in [6.07, 6.45) is -1.28. The minimum absolute atomic E-state index is 0.000684. The Morgan fingerprint density at radius 1 is 0.826 bits per heavy atom. The van der Waals surface area contributed by atoms with Crippen LogP contribution in [-0.4, -0.2) is 116 Å². The number of methoxy groups -OCH3 is 1. The number of amides is 4.